The van der Waals surface area contributed by atoms with Crippen molar-refractivity contribution in [3.05, 3.63) is 59.7 Å². The molecule has 0 saturated carbocycles. The first-order valence-corrected chi connectivity index (χ1v) is 7.36. The number of nitrogens with one attached hydrogen (secondary N) is 1. The van der Waals surface area contributed by atoms with Crippen LogP contribution in [0.2, 0.25) is 0 Å². The molecule has 2 rings (SSSR count). The van der Waals surface area contributed by atoms with Gasteiger partial charge in [0.15, 0.2) is 18.1 Å². The number of hydrogen-bond acceptors (Lipinski definition) is 4. The minimum Gasteiger partial charge on any atom is -0.493 e. The van der Waals surface area contributed by atoms with Crippen LogP contribution in [0.15, 0.2) is 48.5 Å². The van der Waals surface area contributed by atoms with Gasteiger partial charge in [-0.05, 0) is 42.3 Å². The SMILES string of the molecule is COc1cc(/C=C/C(=O)Nc2ccccc2C)ccc1OCC#N. The van der Waals surface area contributed by atoms with Crippen LogP contribution < -0.4 is 14.8 Å². The number of nitrogens with zero attached hydrogens (tertiary/aromatic N) is 1. The standard InChI is InChI=1S/C19H18N2O3/c1-14-5-3-4-6-16(14)21-19(22)10-8-15-7-9-17(24-12-11-20)18(13-15)23-2/h3-10,13H,12H2,1-2H3,(H,21,22)/b10-8+. The molecular formula is C19H18N2O3. The number of rotatable bonds is 6. The lowest BCUT2D eigenvalue weighted by atomic mass is 10.1. The molecule has 5 nitrogen and oxygen atoms in total. The summed E-state index contributed by atoms with van der Waals surface area (Å²) < 4.78 is 10.5. The first-order valence-electron chi connectivity index (χ1n) is 7.36. The third-order valence-corrected chi connectivity index (χ3v) is 3.31. The van der Waals surface area contributed by atoms with Gasteiger partial charge in [0.25, 0.3) is 0 Å². The van der Waals surface area contributed by atoms with Gasteiger partial charge in [0.1, 0.15) is 6.07 Å². The number of aryl methyl sites for hydroxylation is 1. The van der Waals surface area contributed by atoms with E-state index in [2.05, 4.69) is 5.32 Å². The molecule has 1 amide bonds. The van der Waals surface area contributed by atoms with E-state index >= 15 is 0 Å². The van der Waals surface area contributed by atoms with E-state index in [4.69, 9.17) is 14.7 Å². The maximum Gasteiger partial charge on any atom is 0.248 e. The molecule has 0 saturated heterocycles. The number of methoxy groups -OCH3 is 1. The van der Waals surface area contributed by atoms with Crippen molar-refractivity contribution in [1.82, 2.24) is 0 Å². The number of anilines is 1. The Hall–Kier alpha value is -3.26. The number of amides is 1. The van der Waals surface area contributed by atoms with E-state index in [1.807, 2.05) is 37.3 Å². The summed E-state index contributed by atoms with van der Waals surface area (Å²) in [6.07, 6.45) is 3.14. The maximum atomic E-state index is 12.0. The number of carbonyl (C=O) groups is 1. The third kappa shape index (κ3) is 4.62. The molecule has 1 N–H and O–H groups in total. The lowest BCUT2D eigenvalue weighted by molar-refractivity contribution is -0.111. The predicted octanol–water partition coefficient (Wildman–Crippen LogP) is 3.56. The van der Waals surface area contributed by atoms with Crippen molar-refractivity contribution in [2.24, 2.45) is 0 Å². The van der Waals surface area contributed by atoms with Crippen LogP contribution in [0.25, 0.3) is 6.08 Å². The fourth-order valence-corrected chi connectivity index (χ4v) is 2.08. The molecule has 0 aliphatic heterocycles. The van der Waals surface area contributed by atoms with Crippen molar-refractivity contribution in [2.45, 2.75) is 6.92 Å². The minimum absolute atomic E-state index is 0.0512. The van der Waals surface area contributed by atoms with Crippen LogP contribution >= 0.6 is 0 Å². The van der Waals surface area contributed by atoms with Crippen LogP contribution in [-0.4, -0.2) is 19.6 Å². The van der Waals surface area contributed by atoms with Gasteiger partial charge in [-0.2, -0.15) is 5.26 Å². The van der Waals surface area contributed by atoms with Gasteiger partial charge in [-0.1, -0.05) is 24.3 Å². The molecule has 122 valence electrons. The Labute approximate surface area is 141 Å². The lowest BCUT2D eigenvalue weighted by Gasteiger charge is -2.09. The first kappa shape index (κ1) is 17.1. The number of carbonyl (C=O) groups excluding carboxylic acids is 1. The van der Waals surface area contributed by atoms with Gasteiger partial charge in [0.2, 0.25) is 5.91 Å². The molecule has 0 fully saturated rings. The lowest BCUT2D eigenvalue weighted by Crippen LogP contribution is -2.08. The topological polar surface area (TPSA) is 71.3 Å². The number of nitriles is 1. The molecule has 0 aliphatic carbocycles. The quantitative estimate of drug-likeness (QED) is 0.826. The molecule has 0 aromatic heterocycles. The average molecular weight is 322 g/mol. The number of benzene rings is 2. The van der Waals surface area contributed by atoms with Crippen molar-refractivity contribution in [3.63, 3.8) is 0 Å². The second kappa shape index (κ2) is 8.39. The van der Waals surface area contributed by atoms with Gasteiger partial charge in [0, 0.05) is 11.8 Å². The van der Waals surface area contributed by atoms with Crippen LogP contribution in [0.3, 0.4) is 0 Å². The van der Waals surface area contributed by atoms with Gasteiger partial charge in [-0.3, -0.25) is 4.79 Å². The van der Waals surface area contributed by atoms with Crippen LogP contribution in [0.4, 0.5) is 5.69 Å². The molecule has 5 heteroatoms. The Morgan fingerprint density at radius 2 is 2.04 bits per heavy atom. The summed E-state index contributed by atoms with van der Waals surface area (Å²) >= 11 is 0. The van der Waals surface area contributed by atoms with Crippen molar-refractivity contribution < 1.29 is 14.3 Å². The molecule has 24 heavy (non-hydrogen) atoms. The Morgan fingerprint density at radius 3 is 2.75 bits per heavy atom. The van der Waals surface area contributed by atoms with E-state index in [0.29, 0.717) is 11.5 Å². The van der Waals surface area contributed by atoms with E-state index in [9.17, 15) is 4.79 Å². The Kier molecular flexibility index (Phi) is 5.98. The van der Waals surface area contributed by atoms with Crippen molar-refractivity contribution in [2.75, 3.05) is 19.0 Å². The molecule has 2 aromatic carbocycles. The third-order valence-electron chi connectivity index (χ3n) is 3.31. The molecule has 0 unspecified atom stereocenters. The van der Waals surface area contributed by atoms with Crippen molar-refractivity contribution >= 4 is 17.7 Å². The van der Waals surface area contributed by atoms with Gasteiger partial charge >= 0.3 is 0 Å². The Bertz CT molecular complexity index is 791. The summed E-state index contributed by atoms with van der Waals surface area (Å²) in [6.45, 7) is 1.88. The predicted molar refractivity (Wildman–Crippen MR) is 92.9 cm³/mol. The summed E-state index contributed by atoms with van der Waals surface area (Å²) in [5.41, 5.74) is 2.57. The maximum absolute atomic E-state index is 12.0. The molecule has 0 heterocycles. The normalized spacial score (nSPS) is 10.2. The van der Waals surface area contributed by atoms with Gasteiger partial charge < -0.3 is 14.8 Å². The highest BCUT2D eigenvalue weighted by Gasteiger charge is 2.05. The van der Waals surface area contributed by atoms with Gasteiger partial charge in [0.05, 0.1) is 7.11 Å². The second-order valence-corrected chi connectivity index (χ2v) is 4.99. The smallest absolute Gasteiger partial charge is 0.248 e. The fraction of sp³-hybridized carbons (Fsp3) is 0.158. The molecular weight excluding hydrogens is 304 g/mol. The molecule has 0 bridgehead atoms. The summed E-state index contributed by atoms with van der Waals surface area (Å²) in [7, 11) is 1.52. The highest BCUT2D eigenvalue weighted by Crippen LogP contribution is 2.28. The Balaban J connectivity index is 2.07. The van der Waals surface area contributed by atoms with E-state index in [-0.39, 0.29) is 12.5 Å². The van der Waals surface area contributed by atoms with Gasteiger partial charge in [-0.25, -0.2) is 0 Å². The van der Waals surface area contributed by atoms with Gasteiger partial charge in [-0.15, -0.1) is 0 Å². The second-order valence-electron chi connectivity index (χ2n) is 4.99. The molecule has 0 spiro atoms. The highest BCUT2D eigenvalue weighted by molar-refractivity contribution is 6.02. The average Bonchev–Trinajstić information content (AvgIpc) is 2.60. The highest BCUT2D eigenvalue weighted by atomic mass is 16.5. The molecule has 0 atom stereocenters. The Morgan fingerprint density at radius 1 is 1.25 bits per heavy atom. The van der Waals surface area contributed by atoms with Crippen LogP contribution in [-0.2, 0) is 4.79 Å². The summed E-state index contributed by atoms with van der Waals surface area (Å²) in [6, 6.07) is 14.7. The van der Waals surface area contributed by atoms with E-state index in [1.54, 1.807) is 24.3 Å². The van der Waals surface area contributed by atoms with E-state index in [1.165, 1.54) is 13.2 Å². The molecule has 0 radical (unpaired) electrons. The summed E-state index contributed by atoms with van der Waals surface area (Å²) in [5.74, 6) is 0.778. The number of para-hydroxylation sites is 1. The number of ether oxygens (including phenoxy) is 2. The zero-order chi connectivity index (χ0) is 17.4. The van der Waals surface area contributed by atoms with Crippen LogP contribution in [0.1, 0.15) is 11.1 Å². The van der Waals surface area contributed by atoms with Crippen LogP contribution in [0.5, 0.6) is 11.5 Å². The minimum atomic E-state index is -0.215. The first-order chi connectivity index (χ1) is 11.6. The molecule has 0 aliphatic rings. The number of hydrogen-bond donors (Lipinski definition) is 1. The fourth-order valence-electron chi connectivity index (χ4n) is 2.08. The zero-order valence-electron chi connectivity index (χ0n) is 13.6. The summed E-state index contributed by atoms with van der Waals surface area (Å²) in [5, 5.41) is 11.4. The van der Waals surface area contributed by atoms with Crippen molar-refractivity contribution in [3.8, 4) is 17.6 Å². The van der Waals surface area contributed by atoms with Crippen molar-refractivity contribution in [1.29, 1.82) is 5.26 Å². The molecule has 2 aromatic rings. The summed E-state index contributed by atoms with van der Waals surface area (Å²) in [4.78, 5) is 12.0. The largest absolute Gasteiger partial charge is 0.493 e. The monoisotopic (exact) mass is 322 g/mol. The van der Waals surface area contributed by atoms with E-state index < -0.39 is 0 Å². The zero-order valence-corrected chi connectivity index (χ0v) is 13.6. The van der Waals surface area contributed by atoms with Crippen LogP contribution in [0, 0.1) is 18.3 Å². The van der Waals surface area contributed by atoms with E-state index in [0.717, 1.165) is 16.8 Å².